The summed E-state index contributed by atoms with van der Waals surface area (Å²) in [5.74, 6) is 0.920. The molecule has 0 saturated heterocycles. The number of ether oxygens (including phenoxy) is 2. The average molecular weight is 507 g/mol. The van der Waals surface area contributed by atoms with Crippen molar-refractivity contribution in [2.75, 3.05) is 23.9 Å². The lowest BCUT2D eigenvalue weighted by Crippen LogP contribution is -2.36. The predicted molar refractivity (Wildman–Crippen MR) is 141 cm³/mol. The van der Waals surface area contributed by atoms with Crippen LogP contribution in [-0.4, -0.2) is 63.6 Å². The lowest BCUT2D eigenvalue weighted by Gasteiger charge is -2.25. The summed E-state index contributed by atoms with van der Waals surface area (Å²) < 4.78 is 12.9. The predicted octanol–water partition coefficient (Wildman–Crippen LogP) is 4.08. The number of nitrogens with zero attached hydrogens (tertiary/aromatic N) is 6. The highest BCUT2D eigenvalue weighted by atomic mass is 16.6. The number of amides is 2. The zero-order valence-corrected chi connectivity index (χ0v) is 21.7. The van der Waals surface area contributed by atoms with Crippen molar-refractivity contribution in [3.05, 3.63) is 41.9 Å². The molecule has 2 N–H and O–H groups in total. The molecule has 37 heavy (non-hydrogen) atoms. The van der Waals surface area contributed by atoms with Gasteiger partial charge >= 0.3 is 6.09 Å². The highest BCUT2D eigenvalue weighted by molar-refractivity contribution is 5.96. The Morgan fingerprint density at radius 2 is 2.05 bits per heavy atom. The van der Waals surface area contributed by atoms with E-state index < -0.39 is 17.6 Å². The van der Waals surface area contributed by atoms with E-state index in [1.807, 2.05) is 19.9 Å². The van der Waals surface area contributed by atoms with Crippen LogP contribution in [0.25, 0.3) is 11.4 Å². The molecule has 12 heteroatoms. The van der Waals surface area contributed by atoms with Gasteiger partial charge in [-0.15, -0.1) is 5.10 Å². The van der Waals surface area contributed by atoms with E-state index in [2.05, 4.69) is 37.4 Å². The van der Waals surface area contributed by atoms with Crippen LogP contribution in [0.2, 0.25) is 0 Å². The normalized spacial score (nSPS) is 17.0. The molecule has 1 aliphatic heterocycles. The smallest absolute Gasteiger partial charge is 0.414 e. The van der Waals surface area contributed by atoms with Crippen LogP contribution in [0.3, 0.4) is 0 Å². The van der Waals surface area contributed by atoms with Gasteiger partial charge in [-0.2, -0.15) is 0 Å². The van der Waals surface area contributed by atoms with Crippen molar-refractivity contribution in [1.29, 1.82) is 0 Å². The van der Waals surface area contributed by atoms with Crippen molar-refractivity contribution < 1.29 is 19.1 Å². The Morgan fingerprint density at radius 1 is 1.30 bits per heavy atom. The number of pyridine rings is 1. The number of aliphatic imine (C=N–C) groups is 1. The Hall–Kier alpha value is -4.48. The number of imidazole rings is 1. The summed E-state index contributed by atoms with van der Waals surface area (Å²) in [6, 6.07) is 3.06. The van der Waals surface area contributed by atoms with Crippen LogP contribution < -0.4 is 15.5 Å². The summed E-state index contributed by atoms with van der Waals surface area (Å²) >= 11 is 0. The Labute approximate surface area is 214 Å². The van der Waals surface area contributed by atoms with Gasteiger partial charge in [-0.1, -0.05) is 0 Å². The molecule has 12 nitrogen and oxygen atoms in total. The van der Waals surface area contributed by atoms with Crippen LogP contribution in [0.15, 0.2) is 35.6 Å². The van der Waals surface area contributed by atoms with E-state index in [0.717, 1.165) is 0 Å². The van der Waals surface area contributed by atoms with E-state index in [1.54, 1.807) is 46.1 Å². The van der Waals surface area contributed by atoms with Crippen LogP contribution in [0.5, 0.6) is 0 Å². The summed E-state index contributed by atoms with van der Waals surface area (Å²) in [6.07, 6.45) is 4.21. The summed E-state index contributed by atoms with van der Waals surface area (Å²) in [4.78, 5) is 40.2. The first-order valence-corrected chi connectivity index (χ1v) is 11.7. The number of aromatic nitrogens is 4. The Kier molecular flexibility index (Phi) is 6.84. The van der Waals surface area contributed by atoms with Gasteiger partial charge < -0.3 is 20.1 Å². The molecule has 4 bridgehead atoms. The fourth-order valence-corrected chi connectivity index (χ4v) is 3.69. The third-order valence-electron chi connectivity index (χ3n) is 5.41. The van der Waals surface area contributed by atoms with Crippen LogP contribution in [0, 0.1) is 0 Å². The van der Waals surface area contributed by atoms with Gasteiger partial charge in [-0.3, -0.25) is 14.7 Å². The molecule has 1 aliphatic rings. The molecular weight excluding hydrogens is 476 g/mol. The van der Waals surface area contributed by atoms with Crippen LogP contribution >= 0.6 is 0 Å². The Morgan fingerprint density at radius 3 is 2.73 bits per heavy atom. The minimum atomic E-state index is -0.700. The number of allylic oxidation sites excluding steroid dienone is 1. The fourth-order valence-electron chi connectivity index (χ4n) is 3.69. The maximum absolute atomic E-state index is 13.1. The third kappa shape index (κ3) is 5.37. The first-order valence-electron chi connectivity index (χ1n) is 11.7. The largest absolute Gasteiger partial charge is 0.491 e. The van der Waals surface area contributed by atoms with Crippen molar-refractivity contribution in [2.45, 2.75) is 46.3 Å². The first kappa shape index (κ1) is 25.6. The zero-order chi connectivity index (χ0) is 26.9. The molecule has 2 amide bonds. The van der Waals surface area contributed by atoms with E-state index in [1.165, 1.54) is 15.6 Å². The number of nitrogens with one attached hydrogen (secondary N) is 2. The molecule has 4 rings (SSSR count). The van der Waals surface area contributed by atoms with Gasteiger partial charge in [0, 0.05) is 18.7 Å². The third-order valence-corrected chi connectivity index (χ3v) is 5.41. The second kappa shape index (κ2) is 9.88. The van der Waals surface area contributed by atoms with Crippen LogP contribution in [-0.2, 0) is 9.47 Å². The van der Waals surface area contributed by atoms with Gasteiger partial charge in [-0.25, -0.2) is 19.3 Å². The van der Waals surface area contributed by atoms with Crippen molar-refractivity contribution in [3.63, 3.8) is 0 Å². The fraction of sp³-hybridized carbons (Fsp3) is 0.360. The average Bonchev–Trinajstić information content (AvgIpc) is 3.26. The maximum atomic E-state index is 13.1. The van der Waals surface area contributed by atoms with Gasteiger partial charge in [0.15, 0.2) is 17.2 Å². The molecule has 4 heterocycles. The number of rotatable bonds is 2. The summed E-state index contributed by atoms with van der Waals surface area (Å²) in [7, 11) is 1.57. The van der Waals surface area contributed by atoms with Crippen molar-refractivity contribution in [3.8, 4) is 0 Å². The molecule has 194 valence electrons. The number of carbonyl (C=O) groups excluding carboxylic acids is 2. The molecule has 0 saturated carbocycles. The van der Waals surface area contributed by atoms with E-state index >= 15 is 0 Å². The molecule has 3 aromatic heterocycles. The highest BCUT2D eigenvalue weighted by Gasteiger charge is 2.26. The van der Waals surface area contributed by atoms with Crippen LogP contribution in [0.4, 0.5) is 27.8 Å². The molecule has 0 aromatic carbocycles. The number of fused-ring (bicyclic) bond motifs is 3. The van der Waals surface area contributed by atoms with Crippen LogP contribution in [0.1, 0.15) is 50.7 Å². The second-order valence-electron chi connectivity index (χ2n) is 9.54. The molecule has 1 atom stereocenters. The standard InChI is InChI=1S/C25H30N8O4/c1-8-19-15-9-20(27-11-16(15)26-6)30-21-10-17(32(7)24(35)37-25(3,4)5)22-28-12-18(33(22)31-21)23(34)29-14(2)13-36-19/h8-12,14H,6,13H2,1-5,7H3,(H,29,34)(H,27,30,31)/b19-8+. The SMILES string of the molecule is C=Nc1cnc2cc1/C(=C\C)OCC(C)NC(=O)c1cnc3c(N(C)C(=O)OC(C)(C)C)cc(nn13)N2. The van der Waals surface area contributed by atoms with Gasteiger partial charge in [0.2, 0.25) is 0 Å². The van der Waals surface area contributed by atoms with Gasteiger partial charge in [0.1, 0.15) is 23.8 Å². The number of carbonyl (C=O) groups is 2. The number of hydrogen-bond donors (Lipinski definition) is 2. The first-order chi connectivity index (χ1) is 17.5. The number of hydrogen-bond acceptors (Lipinski definition) is 9. The summed E-state index contributed by atoms with van der Waals surface area (Å²) in [5, 5.41) is 10.6. The zero-order valence-electron chi connectivity index (χ0n) is 21.7. The molecule has 1 unspecified atom stereocenters. The summed E-state index contributed by atoms with van der Waals surface area (Å²) in [6.45, 7) is 12.8. The topological polar surface area (TPSA) is 135 Å². The minimum absolute atomic E-state index is 0.188. The second-order valence-corrected chi connectivity index (χ2v) is 9.54. The van der Waals surface area contributed by atoms with E-state index in [9.17, 15) is 9.59 Å². The number of anilines is 3. The lowest BCUT2D eigenvalue weighted by molar-refractivity contribution is 0.0589. The van der Waals surface area contributed by atoms with Gasteiger partial charge in [0.05, 0.1) is 29.8 Å². The quantitative estimate of drug-likeness (QED) is 0.497. The Bertz CT molecular complexity index is 1410. The van der Waals surface area contributed by atoms with Crippen molar-refractivity contribution in [1.82, 2.24) is 24.9 Å². The van der Waals surface area contributed by atoms with Crippen molar-refractivity contribution in [2.24, 2.45) is 4.99 Å². The van der Waals surface area contributed by atoms with Crippen molar-refractivity contribution >= 4 is 53.1 Å². The van der Waals surface area contributed by atoms with E-state index in [4.69, 9.17) is 9.47 Å². The van der Waals surface area contributed by atoms with E-state index in [-0.39, 0.29) is 18.3 Å². The maximum Gasteiger partial charge on any atom is 0.414 e. The van der Waals surface area contributed by atoms with Gasteiger partial charge in [-0.05, 0) is 53.5 Å². The van der Waals surface area contributed by atoms with Gasteiger partial charge in [0.25, 0.3) is 5.91 Å². The summed E-state index contributed by atoms with van der Waals surface area (Å²) in [5.41, 5.74) is 1.37. The molecule has 0 aliphatic carbocycles. The molecule has 3 aromatic rings. The highest BCUT2D eigenvalue weighted by Crippen LogP contribution is 2.31. The minimum Gasteiger partial charge on any atom is -0.491 e. The molecule has 0 spiro atoms. The molecule has 0 fully saturated rings. The monoisotopic (exact) mass is 506 g/mol. The molecular formula is C25H30N8O4. The molecule has 0 radical (unpaired) electrons. The van der Waals surface area contributed by atoms with E-state index in [0.29, 0.717) is 40.0 Å². The Balaban J connectivity index is 1.89. The lowest BCUT2D eigenvalue weighted by atomic mass is 10.1.